The minimum atomic E-state index is -0.00520. The lowest BCUT2D eigenvalue weighted by Crippen LogP contribution is -2.35. The van der Waals surface area contributed by atoms with Crippen LogP contribution in [0.2, 0.25) is 0 Å². The molecule has 2 aromatic rings. The Labute approximate surface area is 149 Å². The number of aromatic nitrogens is 3. The monoisotopic (exact) mass is 343 g/mol. The lowest BCUT2D eigenvalue weighted by molar-refractivity contribution is 0.203. The van der Waals surface area contributed by atoms with Gasteiger partial charge in [0, 0.05) is 44.2 Å². The van der Waals surface area contributed by atoms with E-state index in [1.54, 1.807) is 0 Å². The molecule has 1 saturated heterocycles. The van der Waals surface area contributed by atoms with Crippen LogP contribution in [-0.4, -0.2) is 39.6 Å². The maximum Gasteiger partial charge on any atom is 0.151 e. The van der Waals surface area contributed by atoms with Gasteiger partial charge in [0.15, 0.2) is 5.82 Å². The highest BCUT2D eigenvalue weighted by Gasteiger charge is 2.21. The molecule has 136 valence electrons. The van der Waals surface area contributed by atoms with Crippen molar-refractivity contribution >= 4 is 11.5 Å². The number of piperidine rings is 1. The topological polar surface area (TPSA) is 66.2 Å². The van der Waals surface area contributed by atoms with Gasteiger partial charge in [-0.25, -0.2) is 4.98 Å². The second-order valence-electron chi connectivity index (χ2n) is 7.81. The van der Waals surface area contributed by atoms with Gasteiger partial charge in [0.05, 0.1) is 17.4 Å². The summed E-state index contributed by atoms with van der Waals surface area (Å²) in [6.45, 7) is 9.34. The molecular formula is C19H29N5O. The number of hydrogen-bond donors (Lipinski definition) is 2. The molecule has 0 aromatic carbocycles. The number of nitrogens with one attached hydrogen (secondary N) is 1. The first kappa shape index (κ1) is 17.7. The normalized spacial score (nSPS) is 16.2. The molecule has 0 radical (unpaired) electrons. The van der Waals surface area contributed by atoms with E-state index in [2.05, 4.69) is 53.3 Å². The number of hydrogen-bond acceptors (Lipinski definition) is 5. The summed E-state index contributed by atoms with van der Waals surface area (Å²) in [5.74, 6) is 1.43. The number of nitrogens with zero attached hydrogens (tertiary/aromatic N) is 4. The van der Waals surface area contributed by atoms with Crippen molar-refractivity contribution in [2.75, 3.05) is 29.9 Å². The fourth-order valence-corrected chi connectivity index (χ4v) is 3.13. The second kappa shape index (κ2) is 7.44. The number of anilines is 2. The summed E-state index contributed by atoms with van der Waals surface area (Å²) in [4.78, 5) is 6.90. The first-order valence-corrected chi connectivity index (χ1v) is 9.06. The van der Waals surface area contributed by atoms with Crippen LogP contribution >= 0.6 is 0 Å². The number of pyridine rings is 1. The van der Waals surface area contributed by atoms with Crippen LogP contribution in [0.25, 0.3) is 0 Å². The van der Waals surface area contributed by atoms with Gasteiger partial charge in [0.1, 0.15) is 0 Å². The summed E-state index contributed by atoms with van der Waals surface area (Å²) in [7, 11) is 0. The van der Waals surface area contributed by atoms with E-state index in [1.165, 1.54) is 0 Å². The van der Waals surface area contributed by atoms with Crippen molar-refractivity contribution in [1.82, 2.24) is 14.8 Å². The molecule has 0 bridgehead atoms. The third-order valence-corrected chi connectivity index (χ3v) is 4.77. The quantitative estimate of drug-likeness (QED) is 0.874. The first-order chi connectivity index (χ1) is 12.0. The zero-order chi connectivity index (χ0) is 17.9. The zero-order valence-electron chi connectivity index (χ0n) is 15.4. The van der Waals surface area contributed by atoms with Crippen LogP contribution in [0.1, 0.15) is 39.2 Å². The molecule has 0 spiro atoms. The van der Waals surface area contributed by atoms with Crippen molar-refractivity contribution in [3.05, 3.63) is 36.3 Å². The maximum absolute atomic E-state index is 9.32. The lowest BCUT2D eigenvalue weighted by atomic mass is 9.98. The predicted molar refractivity (Wildman–Crippen MR) is 101 cm³/mol. The SMILES string of the molecule is CC(C)(C)n1cc(CNc2cccnc2N2CCC(CO)CC2)cn1. The van der Waals surface area contributed by atoms with E-state index in [-0.39, 0.29) is 5.54 Å². The van der Waals surface area contributed by atoms with Gasteiger partial charge in [-0.15, -0.1) is 0 Å². The molecule has 25 heavy (non-hydrogen) atoms. The molecule has 0 aliphatic carbocycles. The highest BCUT2D eigenvalue weighted by atomic mass is 16.3. The molecular weight excluding hydrogens is 314 g/mol. The summed E-state index contributed by atoms with van der Waals surface area (Å²) >= 11 is 0. The second-order valence-corrected chi connectivity index (χ2v) is 7.81. The van der Waals surface area contributed by atoms with E-state index < -0.39 is 0 Å². The highest BCUT2D eigenvalue weighted by molar-refractivity contribution is 5.65. The van der Waals surface area contributed by atoms with E-state index >= 15 is 0 Å². The molecule has 0 amide bonds. The number of aliphatic hydroxyl groups is 1. The molecule has 3 rings (SSSR count). The average Bonchev–Trinajstić information content (AvgIpc) is 3.10. The Kier molecular flexibility index (Phi) is 5.27. The van der Waals surface area contributed by atoms with E-state index in [9.17, 15) is 5.11 Å². The van der Waals surface area contributed by atoms with Crippen LogP contribution in [0, 0.1) is 5.92 Å². The van der Waals surface area contributed by atoms with Crippen molar-refractivity contribution in [2.45, 2.75) is 45.7 Å². The van der Waals surface area contributed by atoms with Gasteiger partial charge in [-0.1, -0.05) is 0 Å². The van der Waals surface area contributed by atoms with Crippen molar-refractivity contribution in [1.29, 1.82) is 0 Å². The van der Waals surface area contributed by atoms with Crippen molar-refractivity contribution < 1.29 is 5.11 Å². The molecule has 3 heterocycles. The van der Waals surface area contributed by atoms with Crippen LogP contribution in [0.3, 0.4) is 0 Å². The first-order valence-electron chi connectivity index (χ1n) is 9.06. The van der Waals surface area contributed by atoms with Gasteiger partial charge in [-0.05, 0) is 51.7 Å². The Hall–Kier alpha value is -2.08. The Morgan fingerprint density at radius 1 is 1.28 bits per heavy atom. The molecule has 6 nitrogen and oxygen atoms in total. The molecule has 2 N–H and O–H groups in total. The van der Waals surface area contributed by atoms with Crippen molar-refractivity contribution in [3.63, 3.8) is 0 Å². The van der Waals surface area contributed by atoms with Gasteiger partial charge in [0.25, 0.3) is 0 Å². The van der Waals surface area contributed by atoms with Crippen LogP contribution in [0.5, 0.6) is 0 Å². The van der Waals surface area contributed by atoms with Crippen molar-refractivity contribution in [3.8, 4) is 0 Å². The minimum Gasteiger partial charge on any atom is -0.396 e. The van der Waals surface area contributed by atoms with Crippen LogP contribution in [0.15, 0.2) is 30.7 Å². The van der Waals surface area contributed by atoms with Crippen molar-refractivity contribution in [2.24, 2.45) is 5.92 Å². The third-order valence-electron chi connectivity index (χ3n) is 4.77. The summed E-state index contributed by atoms with van der Waals surface area (Å²) in [5, 5.41) is 17.3. The lowest BCUT2D eigenvalue weighted by Gasteiger charge is -2.33. The highest BCUT2D eigenvalue weighted by Crippen LogP contribution is 2.28. The van der Waals surface area contributed by atoms with Crippen LogP contribution < -0.4 is 10.2 Å². The molecule has 1 fully saturated rings. The summed E-state index contributed by atoms with van der Waals surface area (Å²) in [5.41, 5.74) is 2.20. The summed E-state index contributed by atoms with van der Waals surface area (Å²) < 4.78 is 1.99. The van der Waals surface area contributed by atoms with Gasteiger partial charge in [0.2, 0.25) is 0 Å². The van der Waals surface area contributed by atoms with Crippen LogP contribution in [0.4, 0.5) is 11.5 Å². The van der Waals surface area contributed by atoms with Gasteiger partial charge in [-0.3, -0.25) is 4.68 Å². The molecule has 1 aliphatic heterocycles. The third kappa shape index (κ3) is 4.31. The van der Waals surface area contributed by atoms with Crippen LogP contribution in [-0.2, 0) is 12.1 Å². The Morgan fingerprint density at radius 3 is 2.68 bits per heavy atom. The Balaban J connectivity index is 1.66. The maximum atomic E-state index is 9.32. The molecule has 0 saturated carbocycles. The predicted octanol–water partition coefficient (Wildman–Crippen LogP) is 2.85. The standard InChI is InChI=1S/C19H29N5O/c1-19(2,3)24-13-16(12-22-24)11-21-17-5-4-8-20-18(17)23-9-6-15(14-25)7-10-23/h4-5,8,12-13,15,21,25H,6-7,9-11,14H2,1-3H3. The smallest absolute Gasteiger partial charge is 0.151 e. The summed E-state index contributed by atoms with van der Waals surface area (Å²) in [6.07, 6.45) is 7.89. The van der Waals surface area contributed by atoms with Gasteiger partial charge >= 0.3 is 0 Å². The average molecular weight is 343 g/mol. The molecule has 0 unspecified atom stereocenters. The molecule has 2 aromatic heterocycles. The van der Waals surface area contributed by atoms with E-state index in [4.69, 9.17) is 0 Å². The van der Waals surface area contributed by atoms with Gasteiger partial charge < -0.3 is 15.3 Å². The number of aliphatic hydroxyl groups excluding tert-OH is 1. The van der Waals surface area contributed by atoms with Gasteiger partial charge in [-0.2, -0.15) is 5.10 Å². The largest absolute Gasteiger partial charge is 0.396 e. The van der Waals surface area contributed by atoms with E-state index in [0.717, 1.165) is 49.5 Å². The summed E-state index contributed by atoms with van der Waals surface area (Å²) in [6, 6.07) is 4.04. The van der Waals surface area contributed by atoms with E-state index in [1.807, 2.05) is 23.1 Å². The molecule has 6 heteroatoms. The Morgan fingerprint density at radius 2 is 2.04 bits per heavy atom. The Bertz CT molecular complexity index is 683. The molecule has 0 atom stereocenters. The molecule has 1 aliphatic rings. The van der Waals surface area contributed by atoms with E-state index in [0.29, 0.717) is 12.5 Å². The fourth-order valence-electron chi connectivity index (χ4n) is 3.13. The fraction of sp³-hybridized carbons (Fsp3) is 0.579. The minimum absolute atomic E-state index is 0.00520. The number of rotatable bonds is 5. The zero-order valence-corrected chi connectivity index (χ0v) is 15.4.